The number of fused-ring (bicyclic) bond motifs is 5. The number of hydrogen-bond acceptors (Lipinski definition) is 5. The number of ether oxygens (including phenoxy) is 2. The summed E-state index contributed by atoms with van der Waals surface area (Å²) in [5, 5.41) is 0. The average molecular weight is 417 g/mol. The zero-order chi connectivity index (χ0) is 21.8. The predicted molar refractivity (Wildman–Crippen MR) is 112 cm³/mol. The first kappa shape index (κ1) is 21.6. The molecule has 166 valence electrons. The number of ketones is 1. The lowest BCUT2D eigenvalue weighted by Crippen LogP contribution is -2.51. The van der Waals surface area contributed by atoms with Gasteiger partial charge in [-0.3, -0.25) is 14.4 Å². The van der Waals surface area contributed by atoms with Crippen molar-refractivity contribution in [2.75, 3.05) is 0 Å². The Balaban J connectivity index is 1.61. The Labute approximate surface area is 179 Å². The molecular formula is C25H36O5. The van der Waals surface area contributed by atoms with Crippen molar-refractivity contribution in [3.63, 3.8) is 0 Å². The molecule has 0 amide bonds. The van der Waals surface area contributed by atoms with Crippen molar-refractivity contribution in [1.29, 1.82) is 0 Å². The predicted octanol–water partition coefficient (Wildman–Crippen LogP) is 4.63. The van der Waals surface area contributed by atoms with E-state index in [1.807, 2.05) is 0 Å². The molecule has 8 atom stereocenters. The van der Waals surface area contributed by atoms with Gasteiger partial charge in [-0.1, -0.05) is 25.5 Å². The van der Waals surface area contributed by atoms with E-state index in [2.05, 4.69) is 19.9 Å². The Morgan fingerprint density at radius 3 is 2.30 bits per heavy atom. The second-order valence-corrected chi connectivity index (χ2v) is 10.8. The molecule has 0 aromatic heterocycles. The normalized spacial score (nSPS) is 44.8. The number of allylic oxidation sites excluding steroid dienone is 1. The topological polar surface area (TPSA) is 69.7 Å². The molecule has 0 aromatic rings. The van der Waals surface area contributed by atoms with Crippen molar-refractivity contribution in [2.24, 2.45) is 34.5 Å². The first-order valence-electron chi connectivity index (χ1n) is 11.6. The Kier molecular flexibility index (Phi) is 5.39. The minimum absolute atomic E-state index is 0.00847. The Bertz CT molecular complexity index is 784. The summed E-state index contributed by atoms with van der Waals surface area (Å²) in [6, 6.07) is 0. The minimum atomic E-state index is -0.286. The van der Waals surface area contributed by atoms with Crippen LogP contribution in [0.15, 0.2) is 11.6 Å². The minimum Gasteiger partial charge on any atom is -0.462 e. The fourth-order valence-corrected chi connectivity index (χ4v) is 8.01. The number of esters is 2. The molecule has 4 rings (SSSR count). The highest BCUT2D eigenvalue weighted by Crippen LogP contribution is 2.66. The summed E-state index contributed by atoms with van der Waals surface area (Å²) < 4.78 is 11.2. The second kappa shape index (κ2) is 7.49. The quantitative estimate of drug-likeness (QED) is 0.496. The maximum Gasteiger partial charge on any atom is 0.302 e. The lowest BCUT2D eigenvalue weighted by Gasteiger charge is -2.57. The molecular weight excluding hydrogens is 380 g/mol. The summed E-state index contributed by atoms with van der Waals surface area (Å²) >= 11 is 0. The van der Waals surface area contributed by atoms with Crippen molar-refractivity contribution in [3.05, 3.63) is 11.6 Å². The van der Waals surface area contributed by atoms with Crippen LogP contribution in [0.5, 0.6) is 0 Å². The number of carbonyl (C=O) groups is 3. The van der Waals surface area contributed by atoms with Crippen LogP contribution in [0.1, 0.15) is 79.6 Å². The molecule has 0 spiro atoms. The van der Waals surface area contributed by atoms with Gasteiger partial charge in [-0.2, -0.15) is 0 Å². The van der Waals surface area contributed by atoms with Gasteiger partial charge in [0.1, 0.15) is 18.0 Å². The Morgan fingerprint density at radius 1 is 0.967 bits per heavy atom. The van der Waals surface area contributed by atoms with Gasteiger partial charge >= 0.3 is 11.9 Å². The SMILES string of the molecule is CC(=O)OC1CC[C@@]2(C)C(=CC[C@H]3[C@@H]4CC(OC(C)=O)[C@H](C(C)=O)[C@@]4(C)CC[C@@H]32)C1. The van der Waals surface area contributed by atoms with Crippen LogP contribution in [0.2, 0.25) is 0 Å². The third-order valence-electron chi connectivity index (χ3n) is 9.15. The molecule has 0 saturated heterocycles. The summed E-state index contributed by atoms with van der Waals surface area (Å²) in [6.45, 7) is 9.28. The van der Waals surface area contributed by atoms with E-state index in [-0.39, 0.29) is 46.7 Å². The van der Waals surface area contributed by atoms with E-state index >= 15 is 0 Å². The summed E-state index contributed by atoms with van der Waals surface area (Å²) in [5.74, 6) is 0.990. The van der Waals surface area contributed by atoms with Crippen LogP contribution in [-0.4, -0.2) is 29.9 Å². The van der Waals surface area contributed by atoms with E-state index in [0.29, 0.717) is 17.8 Å². The molecule has 3 saturated carbocycles. The highest BCUT2D eigenvalue weighted by Gasteiger charge is 2.63. The number of Topliss-reactive ketones (excluding diaryl/α,β-unsaturated/α-hetero) is 1. The molecule has 30 heavy (non-hydrogen) atoms. The van der Waals surface area contributed by atoms with Crippen molar-refractivity contribution in [2.45, 2.75) is 91.8 Å². The van der Waals surface area contributed by atoms with Crippen molar-refractivity contribution < 1.29 is 23.9 Å². The van der Waals surface area contributed by atoms with Gasteiger partial charge in [-0.15, -0.1) is 0 Å². The van der Waals surface area contributed by atoms with Gasteiger partial charge in [0.15, 0.2) is 0 Å². The number of carbonyl (C=O) groups excluding carboxylic acids is 3. The van der Waals surface area contributed by atoms with E-state index in [9.17, 15) is 14.4 Å². The van der Waals surface area contributed by atoms with Crippen LogP contribution in [0.25, 0.3) is 0 Å². The molecule has 4 aliphatic carbocycles. The van der Waals surface area contributed by atoms with E-state index < -0.39 is 0 Å². The van der Waals surface area contributed by atoms with E-state index in [1.165, 1.54) is 19.4 Å². The summed E-state index contributed by atoms with van der Waals surface area (Å²) in [5.41, 5.74) is 1.51. The van der Waals surface area contributed by atoms with Crippen molar-refractivity contribution in [3.8, 4) is 0 Å². The molecule has 0 bridgehead atoms. The van der Waals surface area contributed by atoms with Crippen LogP contribution >= 0.6 is 0 Å². The molecule has 5 nitrogen and oxygen atoms in total. The van der Waals surface area contributed by atoms with Crippen LogP contribution in [-0.2, 0) is 23.9 Å². The maximum absolute atomic E-state index is 12.6. The summed E-state index contributed by atoms with van der Waals surface area (Å²) in [4.78, 5) is 35.8. The Hall–Kier alpha value is -1.65. The fraction of sp³-hybridized carbons (Fsp3) is 0.800. The van der Waals surface area contributed by atoms with Gasteiger partial charge in [0.2, 0.25) is 0 Å². The molecule has 0 aromatic carbocycles. The van der Waals surface area contributed by atoms with Gasteiger partial charge < -0.3 is 9.47 Å². The first-order chi connectivity index (χ1) is 14.1. The van der Waals surface area contributed by atoms with E-state index in [1.54, 1.807) is 6.92 Å². The van der Waals surface area contributed by atoms with Crippen LogP contribution in [0, 0.1) is 34.5 Å². The van der Waals surface area contributed by atoms with Crippen LogP contribution < -0.4 is 0 Å². The highest BCUT2D eigenvalue weighted by molar-refractivity contribution is 5.81. The van der Waals surface area contributed by atoms with Crippen molar-refractivity contribution >= 4 is 17.7 Å². The zero-order valence-electron chi connectivity index (χ0n) is 19.0. The maximum atomic E-state index is 12.6. The van der Waals surface area contributed by atoms with E-state index in [0.717, 1.165) is 44.9 Å². The highest BCUT2D eigenvalue weighted by atomic mass is 16.5. The molecule has 0 heterocycles. The van der Waals surface area contributed by atoms with E-state index in [4.69, 9.17) is 9.47 Å². The lowest BCUT2D eigenvalue weighted by atomic mass is 9.47. The molecule has 2 unspecified atom stereocenters. The van der Waals surface area contributed by atoms with Gasteiger partial charge in [-0.05, 0) is 74.0 Å². The molecule has 5 heteroatoms. The third-order valence-corrected chi connectivity index (χ3v) is 9.15. The molecule has 0 N–H and O–H groups in total. The third kappa shape index (κ3) is 3.33. The first-order valence-corrected chi connectivity index (χ1v) is 11.6. The number of rotatable bonds is 3. The van der Waals surface area contributed by atoms with Crippen LogP contribution in [0.4, 0.5) is 0 Å². The lowest BCUT2D eigenvalue weighted by molar-refractivity contribution is -0.152. The number of hydrogen-bond donors (Lipinski definition) is 0. The molecule has 0 aliphatic heterocycles. The molecule has 4 aliphatic rings. The Morgan fingerprint density at radius 2 is 1.67 bits per heavy atom. The molecule has 0 radical (unpaired) electrons. The van der Waals surface area contributed by atoms with Gasteiger partial charge in [-0.25, -0.2) is 0 Å². The van der Waals surface area contributed by atoms with Crippen LogP contribution in [0.3, 0.4) is 0 Å². The molecule has 3 fully saturated rings. The monoisotopic (exact) mass is 416 g/mol. The standard InChI is InChI=1S/C25H36O5/c1-14(26)23-22(30-16(3)28)13-21-19-7-6-17-12-18(29-15(2)27)8-10-24(17,4)20(19)9-11-25(21,23)5/h6,18-23H,7-13H2,1-5H3/t18?,19-,20+,21+,22?,23+,24+,25+/m1/s1. The zero-order valence-corrected chi connectivity index (χ0v) is 19.0. The van der Waals surface area contributed by atoms with Gasteiger partial charge in [0, 0.05) is 20.3 Å². The largest absolute Gasteiger partial charge is 0.462 e. The van der Waals surface area contributed by atoms with Gasteiger partial charge in [0.05, 0.1) is 5.92 Å². The van der Waals surface area contributed by atoms with Gasteiger partial charge in [0.25, 0.3) is 0 Å². The fourth-order valence-electron chi connectivity index (χ4n) is 8.01. The summed E-state index contributed by atoms with van der Waals surface area (Å²) in [7, 11) is 0. The second-order valence-electron chi connectivity index (χ2n) is 10.8. The summed E-state index contributed by atoms with van der Waals surface area (Å²) in [6.07, 6.45) is 8.89. The van der Waals surface area contributed by atoms with Crippen molar-refractivity contribution in [1.82, 2.24) is 0 Å². The average Bonchev–Trinajstić information content (AvgIpc) is 2.92. The smallest absolute Gasteiger partial charge is 0.302 e.